The van der Waals surface area contributed by atoms with Gasteiger partial charge in [0.05, 0.1) is 11.7 Å². The Kier molecular flexibility index (Phi) is 4.65. The van der Waals surface area contributed by atoms with Crippen LogP contribution in [0.3, 0.4) is 0 Å². The topological polar surface area (TPSA) is 94.8 Å². The molecule has 2 unspecified atom stereocenters. The van der Waals surface area contributed by atoms with Crippen LogP contribution in [-0.4, -0.2) is 45.3 Å². The van der Waals surface area contributed by atoms with Crippen molar-refractivity contribution in [2.45, 2.75) is 45.2 Å². The van der Waals surface area contributed by atoms with Crippen molar-refractivity contribution in [1.82, 2.24) is 0 Å². The molecule has 150 valence electrons. The predicted molar refractivity (Wildman–Crippen MR) is 70.9 cm³/mol. The number of carbonyl (C=O) groups is 2. The third kappa shape index (κ3) is 2.10. The van der Waals surface area contributed by atoms with E-state index in [9.17, 15) is 50.5 Å². The van der Waals surface area contributed by atoms with Gasteiger partial charge in [-0.05, 0) is 18.9 Å². The van der Waals surface area contributed by atoms with E-state index in [1.807, 2.05) is 0 Å². The summed E-state index contributed by atoms with van der Waals surface area (Å²) in [5.74, 6) is -17.9. The summed E-state index contributed by atoms with van der Waals surface area (Å²) in [7, 11) is 0. The zero-order chi connectivity index (χ0) is 21.1. The van der Waals surface area contributed by atoms with Crippen LogP contribution in [0.5, 0.6) is 0 Å². The van der Waals surface area contributed by atoms with E-state index in [-0.39, 0.29) is 6.26 Å². The van der Waals surface area contributed by atoms with Gasteiger partial charge in [-0.15, -0.1) is 0 Å². The number of aliphatic hydroxyl groups excluding tert-OH is 1. The molecule has 0 saturated heterocycles. The Balaban J connectivity index is 4.06. The maximum Gasteiger partial charge on any atom is 0.459 e. The molecule has 1 aliphatic rings. The SMILES string of the molecule is CC1(C(=O)O)C/C(=C/O)C(C(=O)O)(C(F)(F)C(F)(F)C(F)(F)F)C1(C)C. The van der Waals surface area contributed by atoms with Crippen LogP contribution in [0.2, 0.25) is 0 Å². The van der Waals surface area contributed by atoms with Crippen molar-refractivity contribution < 1.29 is 55.6 Å². The lowest BCUT2D eigenvalue weighted by Crippen LogP contribution is -2.68. The molecule has 1 saturated carbocycles. The normalized spacial score (nSPS) is 31.2. The van der Waals surface area contributed by atoms with Gasteiger partial charge in [0.15, 0.2) is 5.41 Å². The Morgan fingerprint density at radius 3 is 1.65 bits per heavy atom. The molecule has 0 aromatic carbocycles. The van der Waals surface area contributed by atoms with E-state index in [1.165, 1.54) is 0 Å². The summed E-state index contributed by atoms with van der Waals surface area (Å²) in [4.78, 5) is 23.2. The van der Waals surface area contributed by atoms with Crippen molar-refractivity contribution in [3.8, 4) is 0 Å². The van der Waals surface area contributed by atoms with Gasteiger partial charge in [0, 0.05) is 5.41 Å². The average molecular weight is 396 g/mol. The molecule has 0 aliphatic heterocycles. The Morgan fingerprint density at radius 2 is 1.38 bits per heavy atom. The number of carboxylic acid groups (broad SMARTS) is 2. The predicted octanol–water partition coefficient (Wildman–Crippen LogP) is 3.85. The van der Waals surface area contributed by atoms with Gasteiger partial charge in [-0.1, -0.05) is 13.8 Å². The minimum atomic E-state index is -6.84. The highest BCUT2D eigenvalue weighted by Crippen LogP contribution is 2.73. The number of carboxylic acids is 2. The fourth-order valence-corrected chi connectivity index (χ4v) is 3.58. The maximum absolute atomic E-state index is 14.7. The van der Waals surface area contributed by atoms with Crippen molar-refractivity contribution in [2.75, 3.05) is 0 Å². The lowest BCUT2D eigenvalue weighted by molar-refractivity contribution is -0.380. The Hall–Kier alpha value is -2.01. The highest BCUT2D eigenvalue weighted by atomic mass is 19.4. The van der Waals surface area contributed by atoms with Crippen LogP contribution in [-0.2, 0) is 9.59 Å². The highest BCUT2D eigenvalue weighted by molar-refractivity contribution is 5.88. The molecule has 0 spiro atoms. The summed E-state index contributed by atoms with van der Waals surface area (Å²) in [6, 6.07) is 0. The number of aliphatic hydroxyl groups is 1. The van der Waals surface area contributed by atoms with E-state index in [2.05, 4.69) is 0 Å². The minimum absolute atomic E-state index is 0.343. The van der Waals surface area contributed by atoms with E-state index in [0.717, 1.165) is 6.92 Å². The van der Waals surface area contributed by atoms with Gasteiger partial charge in [0.25, 0.3) is 0 Å². The first-order valence-corrected chi connectivity index (χ1v) is 6.93. The van der Waals surface area contributed by atoms with Gasteiger partial charge in [0.1, 0.15) is 0 Å². The first-order chi connectivity index (χ1) is 11.3. The van der Waals surface area contributed by atoms with E-state index >= 15 is 0 Å². The molecule has 1 fully saturated rings. The second kappa shape index (κ2) is 5.49. The molecular formula is C14H15F7O5. The second-order valence-electron chi connectivity index (χ2n) is 6.80. The quantitative estimate of drug-likeness (QED) is 0.496. The Morgan fingerprint density at radius 1 is 0.962 bits per heavy atom. The third-order valence-electron chi connectivity index (χ3n) is 5.51. The van der Waals surface area contributed by atoms with E-state index in [0.29, 0.717) is 13.8 Å². The third-order valence-corrected chi connectivity index (χ3v) is 5.51. The maximum atomic E-state index is 14.7. The molecule has 12 heteroatoms. The zero-order valence-electron chi connectivity index (χ0n) is 13.6. The van der Waals surface area contributed by atoms with E-state index in [1.54, 1.807) is 0 Å². The molecule has 5 nitrogen and oxygen atoms in total. The van der Waals surface area contributed by atoms with Gasteiger partial charge in [0.2, 0.25) is 0 Å². The fourth-order valence-electron chi connectivity index (χ4n) is 3.58. The van der Waals surface area contributed by atoms with Crippen molar-refractivity contribution in [3.05, 3.63) is 11.8 Å². The number of aliphatic carboxylic acids is 2. The molecule has 1 aliphatic carbocycles. The van der Waals surface area contributed by atoms with Crippen LogP contribution in [0, 0.1) is 16.2 Å². The average Bonchev–Trinajstić information content (AvgIpc) is 2.62. The molecular weight excluding hydrogens is 381 g/mol. The first-order valence-electron chi connectivity index (χ1n) is 6.93. The van der Waals surface area contributed by atoms with Crippen molar-refractivity contribution in [3.63, 3.8) is 0 Å². The second-order valence-corrected chi connectivity index (χ2v) is 6.80. The number of hydrogen-bond donors (Lipinski definition) is 3. The summed E-state index contributed by atoms with van der Waals surface area (Å²) in [6.45, 7) is 1.80. The molecule has 0 heterocycles. The van der Waals surface area contributed by atoms with E-state index in [4.69, 9.17) is 5.11 Å². The highest BCUT2D eigenvalue weighted by Gasteiger charge is 2.89. The van der Waals surface area contributed by atoms with Gasteiger partial charge in [-0.2, -0.15) is 30.7 Å². The molecule has 2 atom stereocenters. The number of hydrogen-bond acceptors (Lipinski definition) is 3. The largest absolute Gasteiger partial charge is 0.516 e. The van der Waals surface area contributed by atoms with Gasteiger partial charge in [-0.3, -0.25) is 9.59 Å². The van der Waals surface area contributed by atoms with Gasteiger partial charge in [-0.25, -0.2) is 0 Å². The fraction of sp³-hybridized carbons (Fsp3) is 0.714. The molecule has 0 radical (unpaired) electrons. The van der Waals surface area contributed by atoms with Crippen LogP contribution >= 0.6 is 0 Å². The summed E-state index contributed by atoms with van der Waals surface area (Å²) < 4.78 is 94.5. The summed E-state index contributed by atoms with van der Waals surface area (Å²) in [5.41, 5.74) is -11.2. The standard InChI is InChI=1S/C14H15F7O5/c1-9(2)10(3,7(23)24)4-6(5-22)11(9,8(25)26)12(15,16)13(17,18)14(19,20)21/h5,22H,4H2,1-3H3,(H,23,24)(H,25,26)/b6-5-. The summed E-state index contributed by atoms with van der Waals surface area (Å²) in [6.07, 6.45) is -8.36. The monoisotopic (exact) mass is 396 g/mol. The van der Waals surface area contributed by atoms with Crippen LogP contribution in [0.4, 0.5) is 30.7 Å². The van der Waals surface area contributed by atoms with Crippen molar-refractivity contribution in [2.24, 2.45) is 16.2 Å². The summed E-state index contributed by atoms with van der Waals surface area (Å²) in [5, 5.41) is 27.8. The van der Waals surface area contributed by atoms with Crippen LogP contribution in [0.15, 0.2) is 11.8 Å². The van der Waals surface area contributed by atoms with Gasteiger partial charge >= 0.3 is 30.0 Å². The molecule has 0 bridgehead atoms. The van der Waals surface area contributed by atoms with Crippen LogP contribution < -0.4 is 0 Å². The zero-order valence-corrected chi connectivity index (χ0v) is 13.6. The molecule has 0 aromatic rings. The van der Waals surface area contributed by atoms with Crippen molar-refractivity contribution in [1.29, 1.82) is 0 Å². The van der Waals surface area contributed by atoms with Crippen LogP contribution in [0.25, 0.3) is 0 Å². The number of halogens is 7. The number of alkyl halides is 7. The lowest BCUT2D eigenvalue weighted by Gasteiger charge is -2.49. The van der Waals surface area contributed by atoms with Gasteiger partial charge < -0.3 is 15.3 Å². The number of rotatable bonds is 4. The lowest BCUT2D eigenvalue weighted by atomic mass is 9.55. The van der Waals surface area contributed by atoms with Crippen LogP contribution in [0.1, 0.15) is 27.2 Å². The minimum Gasteiger partial charge on any atom is -0.516 e. The smallest absolute Gasteiger partial charge is 0.459 e. The molecule has 3 N–H and O–H groups in total. The Labute approximate surface area is 142 Å². The molecule has 1 rings (SSSR count). The molecule has 26 heavy (non-hydrogen) atoms. The summed E-state index contributed by atoms with van der Waals surface area (Å²) >= 11 is 0. The first kappa shape index (κ1) is 22.0. The Bertz CT molecular complexity index is 667. The van der Waals surface area contributed by atoms with E-state index < -0.39 is 58.2 Å². The molecule has 0 aromatic heterocycles. The van der Waals surface area contributed by atoms with Crippen molar-refractivity contribution >= 4 is 11.9 Å². The molecule has 0 amide bonds.